The summed E-state index contributed by atoms with van der Waals surface area (Å²) in [5.41, 5.74) is 1.33. The van der Waals surface area contributed by atoms with Crippen molar-refractivity contribution in [2.45, 2.75) is 6.42 Å². The molecule has 18 heavy (non-hydrogen) atoms. The van der Waals surface area contributed by atoms with Crippen molar-refractivity contribution in [1.29, 1.82) is 0 Å². The molecule has 0 bridgehead atoms. The zero-order valence-electron chi connectivity index (χ0n) is 10.8. The number of rotatable bonds is 5. The number of anilines is 2. The van der Waals surface area contributed by atoms with Gasteiger partial charge in [0.1, 0.15) is 5.82 Å². The van der Waals surface area contributed by atoms with Gasteiger partial charge in [0.25, 0.3) is 0 Å². The molecule has 0 saturated carbocycles. The minimum absolute atomic E-state index is 0.722. The molecule has 0 spiro atoms. The molecule has 1 aromatic carbocycles. The summed E-state index contributed by atoms with van der Waals surface area (Å²) in [6.45, 7) is 0.869. The highest BCUT2D eigenvalue weighted by molar-refractivity contribution is 5.40. The summed E-state index contributed by atoms with van der Waals surface area (Å²) in [5, 5.41) is 3.31. The van der Waals surface area contributed by atoms with Gasteiger partial charge in [0, 0.05) is 26.8 Å². The van der Waals surface area contributed by atoms with Crippen LogP contribution in [0.2, 0.25) is 0 Å². The molecule has 2 rings (SSSR count). The Morgan fingerprint density at radius 2 is 1.89 bits per heavy atom. The predicted octanol–water partition coefficient (Wildman–Crippen LogP) is 2.20. The first-order valence-corrected chi connectivity index (χ1v) is 6.04. The Labute approximate surface area is 108 Å². The molecule has 1 N–H and O–H groups in total. The fourth-order valence-electron chi connectivity index (χ4n) is 1.64. The minimum Gasteiger partial charge on any atom is -0.370 e. The zero-order chi connectivity index (χ0) is 12.8. The van der Waals surface area contributed by atoms with Crippen molar-refractivity contribution in [2.75, 3.05) is 30.9 Å². The summed E-state index contributed by atoms with van der Waals surface area (Å²) in [4.78, 5) is 10.5. The Morgan fingerprint density at radius 1 is 1.11 bits per heavy atom. The molecular formula is C14H18N4. The monoisotopic (exact) mass is 242 g/mol. The summed E-state index contributed by atoms with van der Waals surface area (Å²) in [5.74, 6) is 1.59. The fourth-order valence-corrected chi connectivity index (χ4v) is 1.64. The van der Waals surface area contributed by atoms with Crippen molar-refractivity contribution >= 4 is 11.8 Å². The second-order valence-electron chi connectivity index (χ2n) is 4.30. The largest absolute Gasteiger partial charge is 0.370 e. The molecule has 0 aliphatic heterocycles. The van der Waals surface area contributed by atoms with Gasteiger partial charge in [0.2, 0.25) is 5.95 Å². The quantitative estimate of drug-likeness (QED) is 0.872. The van der Waals surface area contributed by atoms with E-state index < -0.39 is 0 Å². The summed E-state index contributed by atoms with van der Waals surface area (Å²) >= 11 is 0. The molecule has 0 saturated heterocycles. The fraction of sp³-hybridized carbons (Fsp3) is 0.286. The van der Waals surface area contributed by atoms with Crippen molar-refractivity contribution in [3.05, 3.63) is 48.2 Å². The molecule has 0 amide bonds. The van der Waals surface area contributed by atoms with Crippen molar-refractivity contribution < 1.29 is 0 Å². The van der Waals surface area contributed by atoms with Crippen molar-refractivity contribution in [2.24, 2.45) is 0 Å². The topological polar surface area (TPSA) is 41.1 Å². The van der Waals surface area contributed by atoms with Gasteiger partial charge in [-0.1, -0.05) is 30.3 Å². The van der Waals surface area contributed by atoms with Gasteiger partial charge in [-0.05, 0) is 18.1 Å². The van der Waals surface area contributed by atoms with Gasteiger partial charge in [0.05, 0.1) is 0 Å². The molecule has 0 unspecified atom stereocenters. The summed E-state index contributed by atoms with van der Waals surface area (Å²) in [6, 6.07) is 12.3. The van der Waals surface area contributed by atoms with E-state index in [9.17, 15) is 0 Å². The third kappa shape index (κ3) is 3.45. The highest BCUT2D eigenvalue weighted by atomic mass is 15.2. The van der Waals surface area contributed by atoms with E-state index in [-0.39, 0.29) is 0 Å². The standard InChI is InChI=1S/C14H18N4/c1-18(2)14-16-11-9-13(17-14)15-10-8-12-6-4-3-5-7-12/h3-7,9,11H,8,10H2,1-2H3,(H,15,16,17). The number of nitrogens with one attached hydrogen (secondary N) is 1. The van der Waals surface area contributed by atoms with E-state index >= 15 is 0 Å². The second-order valence-corrected chi connectivity index (χ2v) is 4.30. The third-order valence-electron chi connectivity index (χ3n) is 2.61. The molecule has 2 aromatic rings. The highest BCUT2D eigenvalue weighted by Gasteiger charge is 2.00. The van der Waals surface area contributed by atoms with Crippen LogP contribution in [-0.2, 0) is 6.42 Å². The van der Waals surface area contributed by atoms with Crippen LogP contribution < -0.4 is 10.2 Å². The lowest BCUT2D eigenvalue weighted by atomic mass is 10.1. The third-order valence-corrected chi connectivity index (χ3v) is 2.61. The van der Waals surface area contributed by atoms with E-state index in [4.69, 9.17) is 0 Å². The Balaban J connectivity index is 1.89. The number of aromatic nitrogens is 2. The minimum atomic E-state index is 0.722. The van der Waals surface area contributed by atoms with Crippen molar-refractivity contribution in [1.82, 2.24) is 9.97 Å². The first kappa shape index (κ1) is 12.4. The Bertz CT molecular complexity index is 482. The molecule has 0 fully saturated rings. The van der Waals surface area contributed by atoms with Gasteiger partial charge in [-0.2, -0.15) is 4.98 Å². The number of benzene rings is 1. The SMILES string of the molecule is CN(C)c1nccc(NCCc2ccccc2)n1. The Hall–Kier alpha value is -2.10. The van der Waals surface area contributed by atoms with E-state index in [1.807, 2.05) is 31.1 Å². The first-order valence-electron chi connectivity index (χ1n) is 6.04. The number of nitrogens with zero attached hydrogens (tertiary/aromatic N) is 3. The van der Waals surface area contributed by atoms with E-state index in [1.165, 1.54) is 5.56 Å². The maximum Gasteiger partial charge on any atom is 0.226 e. The maximum atomic E-state index is 4.41. The summed E-state index contributed by atoms with van der Waals surface area (Å²) in [6.07, 6.45) is 2.76. The van der Waals surface area contributed by atoms with E-state index in [1.54, 1.807) is 6.20 Å². The Kier molecular flexibility index (Phi) is 4.12. The van der Waals surface area contributed by atoms with Gasteiger partial charge in [0.15, 0.2) is 0 Å². The second kappa shape index (κ2) is 6.00. The molecule has 0 radical (unpaired) electrons. The van der Waals surface area contributed by atoms with Crippen LogP contribution in [-0.4, -0.2) is 30.6 Å². The van der Waals surface area contributed by atoms with Crippen LogP contribution in [0.25, 0.3) is 0 Å². The van der Waals surface area contributed by atoms with Gasteiger partial charge in [-0.15, -0.1) is 0 Å². The molecule has 94 valence electrons. The van der Waals surface area contributed by atoms with Gasteiger partial charge < -0.3 is 10.2 Å². The van der Waals surface area contributed by atoms with Gasteiger partial charge >= 0.3 is 0 Å². The van der Waals surface area contributed by atoms with Crippen LogP contribution in [0.3, 0.4) is 0 Å². The first-order chi connectivity index (χ1) is 8.75. The molecule has 4 nitrogen and oxygen atoms in total. The summed E-state index contributed by atoms with van der Waals surface area (Å²) < 4.78 is 0. The van der Waals surface area contributed by atoms with Crippen molar-refractivity contribution in [3.8, 4) is 0 Å². The van der Waals surface area contributed by atoms with E-state index in [0.717, 1.165) is 24.7 Å². The van der Waals surface area contributed by atoms with Crippen LogP contribution in [0.15, 0.2) is 42.6 Å². The normalized spacial score (nSPS) is 10.1. The van der Waals surface area contributed by atoms with Crippen LogP contribution in [0, 0.1) is 0 Å². The molecule has 4 heteroatoms. The summed E-state index contributed by atoms with van der Waals surface area (Å²) in [7, 11) is 3.87. The van der Waals surface area contributed by atoms with Gasteiger partial charge in [-0.25, -0.2) is 4.98 Å². The molecule has 0 aliphatic carbocycles. The maximum absolute atomic E-state index is 4.41. The lowest BCUT2D eigenvalue weighted by Gasteiger charge is -2.11. The average molecular weight is 242 g/mol. The lowest BCUT2D eigenvalue weighted by Crippen LogP contribution is -2.14. The van der Waals surface area contributed by atoms with Crippen LogP contribution in [0.4, 0.5) is 11.8 Å². The van der Waals surface area contributed by atoms with Crippen LogP contribution in [0.5, 0.6) is 0 Å². The number of hydrogen-bond donors (Lipinski definition) is 1. The zero-order valence-corrected chi connectivity index (χ0v) is 10.8. The van der Waals surface area contributed by atoms with Gasteiger partial charge in [-0.3, -0.25) is 0 Å². The molecule has 1 aromatic heterocycles. The number of hydrogen-bond acceptors (Lipinski definition) is 4. The Morgan fingerprint density at radius 3 is 2.61 bits per heavy atom. The van der Waals surface area contributed by atoms with E-state index in [2.05, 4.69) is 39.6 Å². The molecule has 0 aliphatic rings. The molecule has 1 heterocycles. The molecular weight excluding hydrogens is 224 g/mol. The predicted molar refractivity (Wildman–Crippen MR) is 75.0 cm³/mol. The van der Waals surface area contributed by atoms with Crippen molar-refractivity contribution in [3.63, 3.8) is 0 Å². The molecule has 0 atom stereocenters. The van der Waals surface area contributed by atoms with Crippen LogP contribution >= 0.6 is 0 Å². The average Bonchev–Trinajstić information content (AvgIpc) is 2.40. The van der Waals surface area contributed by atoms with Crippen LogP contribution in [0.1, 0.15) is 5.56 Å². The highest BCUT2D eigenvalue weighted by Crippen LogP contribution is 2.08. The van der Waals surface area contributed by atoms with E-state index in [0.29, 0.717) is 0 Å². The lowest BCUT2D eigenvalue weighted by molar-refractivity contribution is 0.969. The smallest absolute Gasteiger partial charge is 0.226 e.